The molecule has 62 valence electrons. The summed E-state index contributed by atoms with van der Waals surface area (Å²) in [5.74, 6) is 0.532. The van der Waals surface area contributed by atoms with Gasteiger partial charge in [-0.1, -0.05) is 17.7 Å². The molecule has 0 saturated carbocycles. The van der Waals surface area contributed by atoms with E-state index in [-0.39, 0.29) is 0 Å². The first kappa shape index (κ1) is 9.15. The fourth-order valence-corrected chi connectivity index (χ4v) is 1.76. The van der Waals surface area contributed by atoms with Crippen LogP contribution in [-0.4, -0.2) is 5.75 Å². The summed E-state index contributed by atoms with van der Waals surface area (Å²) in [5, 5.41) is 8.42. The van der Waals surface area contributed by atoms with Crippen LogP contribution in [0.15, 0.2) is 23.1 Å². The highest BCUT2D eigenvalue weighted by atomic mass is 32.2. The molecule has 0 unspecified atom stereocenters. The lowest BCUT2D eigenvalue weighted by Crippen LogP contribution is -1.82. The number of hydrogen-bond acceptors (Lipinski definition) is 2. The van der Waals surface area contributed by atoms with E-state index >= 15 is 0 Å². The lowest BCUT2D eigenvalue weighted by Gasteiger charge is -2.03. The van der Waals surface area contributed by atoms with Crippen LogP contribution in [0.25, 0.3) is 0 Å². The molecule has 0 aromatic heterocycles. The molecule has 2 heteroatoms. The normalized spacial score (nSPS) is 9.42. The molecule has 0 aliphatic heterocycles. The van der Waals surface area contributed by atoms with Crippen LogP contribution in [0, 0.1) is 25.2 Å². The minimum Gasteiger partial charge on any atom is -0.197 e. The van der Waals surface area contributed by atoms with E-state index in [2.05, 4.69) is 38.1 Å². The third-order valence-corrected chi connectivity index (χ3v) is 2.66. The molecule has 0 radical (unpaired) electrons. The zero-order valence-electron chi connectivity index (χ0n) is 7.29. The highest BCUT2D eigenvalue weighted by Gasteiger charge is 1.97. The van der Waals surface area contributed by atoms with Gasteiger partial charge in [-0.3, -0.25) is 0 Å². The largest absolute Gasteiger partial charge is 0.197 e. The predicted molar refractivity (Wildman–Crippen MR) is 52.3 cm³/mol. The lowest BCUT2D eigenvalue weighted by molar-refractivity contribution is 1.26. The van der Waals surface area contributed by atoms with Crippen molar-refractivity contribution in [3.63, 3.8) is 0 Å². The van der Waals surface area contributed by atoms with Crippen LogP contribution in [0.5, 0.6) is 0 Å². The number of nitriles is 1. The quantitative estimate of drug-likeness (QED) is 0.648. The van der Waals surface area contributed by atoms with Crippen LogP contribution in [0.3, 0.4) is 0 Å². The standard InChI is InChI=1S/C10H11NS/c1-8-3-4-9(2)10(7-8)12-6-5-11/h3-4,7H,6H2,1-2H3. The first-order chi connectivity index (χ1) is 5.74. The molecule has 0 spiro atoms. The Morgan fingerprint density at radius 1 is 1.42 bits per heavy atom. The molecule has 0 atom stereocenters. The second-order valence-corrected chi connectivity index (χ2v) is 3.73. The topological polar surface area (TPSA) is 23.8 Å². The maximum atomic E-state index is 8.42. The third-order valence-electron chi connectivity index (χ3n) is 1.64. The second kappa shape index (κ2) is 4.18. The maximum Gasteiger partial charge on any atom is 0.0855 e. The Morgan fingerprint density at radius 2 is 2.17 bits per heavy atom. The molecule has 0 aliphatic rings. The highest BCUT2D eigenvalue weighted by Crippen LogP contribution is 2.22. The molecule has 1 aromatic carbocycles. The Labute approximate surface area is 77.4 Å². The summed E-state index contributed by atoms with van der Waals surface area (Å²) in [6.45, 7) is 4.13. The average Bonchev–Trinajstić information content (AvgIpc) is 2.07. The van der Waals surface area contributed by atoms with E-state index in [4.69, 9.17) is 5.26 Å². The number of rotatable bonds is 2. The van der Waals surface area contributed by atoms with Crippen molar-refractivity contribution in [2.75, 3.05) is 5.75 Å². The van der Waals surface area contributed by atoms with Crippen molar-refractivity contribution >= 4 is 11.8 Å². The van der Waals surface area contributed by atoms with Crippen LogP contribution in [0.4, 0.5) is 0 Å². The van der Waals surface area contributed by atoms with Gasteiger partial charge in [0.15, 0.2) is 0 Å². The molecule has 0 fully saturated rings. The molecule has 1 nitrogen and oxygen atoms in total. The van der Waals surface area contributed by atoms with Crippen molar-refractivity contribution < 1.29 is 0 Å². The van der Waals surface area contributed by atoms with Crippen molar-refractivity contribution in [3.05, 3.63) is 29.3 Å². The molecular weight excluding hydrogens is 166 g/mol. The third kappa shape index (κ3) is 2.28. The van der Waals surface area contributed by atoms with Crippen molar-refractivity contribution in [3.8, 4) is 6.07 Å². The van der Waals surface area contributed by atoms with E-state index in [1.54, 1.807) is 11.8 Å². The molecule has 12 heavy (non-hydrogen) atoms. The highest BCUT2D eigenvalue weighted by molar-refractivity contribution is 7.99. The summed E-state index contributed by atoms with van der Waals surface area (Å²) in [4.78, 5) is 1.22. The minimum atomic E-state index is 0.532. The van der Waals surface area contributed by atoms with E-state index in [9.17, 15) is 0 Å². The number of thioether (sulfide) groups is 1. The Hall–Kier alpha value is -0.940. The average molecular weight is 177 g/mol. The van der Waals surface area contributed by atoms with Gasteiger partial charge in [0.2, 0.25) is 0 Å². The van der Waals surface area contributed by atoms with Gasteiger partial charge in [-0.25, -0.2) is 0 Å². The second-order valence-electron chi connectivity index (χ2n) is 2.72. The summed E-state index contributed by atoms with van der Waals surface area (Å²) in [7, 11) is 0. The van der Waals surface area contributed by atoms with E-state index < -0.39 is 0 Å². The maximum absolute atomic E-state index is 8.42. The minimum absolute atomic E-state index is 0.532. The fourth-order valence-electron chi connectivity index (χ4n) is 0.973. The van der Waals surface area contributed by atoms with Gasteiger partial charge < -0.3 is 0 Å². The van der Waals surface area contributed by atoms with Crippen LogP contribution < -0.4 is 0 Å². The van der Waals surface area contributed by atoms with Crippen LogP contribution in [0.2, 0.25) is 0 Å². The van der Waals surface area contributed by atoms with Gasteiger partial charge in [0, 0.05) is 4.90 Å². The molecule has 1 aromatic rings. The number of benzene rings is 1. The smallest absolute Gasteiger partial charge is 0.0855 e. The van der Waals surface area contributed by atoms with E-state index in [0.717, 1.165) is 0 Å². The van der Waals surface area contributed by atoms with Gasteiger partial charge in [0.25, 0.3) is 0 Å². The van der Waals surface area contributed by atoms with E-state index in [1.165, 1.54) is 16.0 Å². The Bertz CT molecular complexity index is 312. The van der Waals surface area contributed by atoms with Crippen LogP contribution >= 0.6 is 11.8 Å². The first-order valence-corrected chi connectivity index (χ1v) is 4.79. The number of hydrogen-bond donors (Lipinski definition) is 0. The summed E-state index contributed by atoms with van der Waals surface area (Å²) in [5.41, 5.74) is 2.50. The molecule has 0 aliphatic carbocycles. The predicted octanol–water partition coefficient (Wildman–Crippen LogP) is 2.92. The van der Waals surface area contributed by atoms with Crippen molar-refractivity contribution in [1.29, 1.82) is 5.26 Å². The summed E-state index contributed by atoms with van der Waals surface area (Å²) in [6, 6.07) is 8.43. The Kier molecular flexibility index (Phi) is 3.19. The van der Waals surface area contributed by atoms with Gasteiger partial charge in [0.05, 0.1) is 11.8 Å². The molecule has 1 rings (SSSR count). The molecule has 0 saturated heterocycles. The van der Waals surface area contributed by atoms with Gasteiger partial charge in [-0.2, -0.15) is 5.26 Å². The summed E-state index contributed by atoms with van der Waals surface area (Å²) >= 11 is 1.60. The summed E-state index contributed by atoms with van der Waals surface area (Å²) < 4.78 is 0. The lowest BCUT2D eigenvalue weighted by atomic mass is 10.2. The fraction of sp³-hybridized carbons (Fsp3) is 0.300. The van der Waals surface area contributed by atoms with Crippen LogP contribution in [-0.2, 0) is 0 Å². The number of aryl methyl sites for hydroxylation is 2. The van der Waals surface area contributed by atoms with Gasteiger partial charge >= 0.3 is 0 Å². The number of nitrogens with zero attached hydrogens (tertiary/aromatic N) is 1. The van der Waals surface area contributed by atoms with Crippen molar-refractivity contribution in [2.24, 2.45) is 0 Å². The van der Waals surface area contributed by atoms with Crippen molar-refractivity contribution in [2.45, 2.75) is 18.7 Å². The molecule has 0 heterocycles. The molecule has 0 amide bonds. The molecular formula is C10H11NS. The SMILES string of the molecule is Cc1ccc(C)c(SCC#N)c1. The van der Waals surface area contributed by atoms with Crippen LogP contribution in [0.1, 0.15) is 11.1 Å². The Morgan fingerprint density at radius 3 is 2.83 bits per heavy atom. The Balaban J connectivity index is 2.84. The first-order valence-electron chi connectivity index (χ1n) is 3.81. The molecule has 0 bridgehead atoms. The zero-order valence-corrected chi connectivity index (χ0v) is 8.11. The van der Waals surface area contributed by atoms with Crippen molar-refractivity contribution in [1.82, 2.24) is 0 Å². The van der Waals surface area contributed by atoms with E-state index in [0.29, 0.717) is 5.75 Å². The van der Waals surface area contributed by atoms with Gasteiger partial charge in [-0.05, 0) is 25.5 Å². The zero-order chi connectivity index (χ0) is 8.97. The molecule has 0 N–H and O–H groups in total. The van der Waals surface area contributed by atoms with Gasteiger partial charge in [0.1, 0.15) is 0 Å². The van der Waals surface area contributed by atoms with Gasteiger partial charge in [-0.15, -0.1) is 11.8 Å². The summed E-state index contributed by atoms with van der Waals surface area (Å²) in [6.07, 6.45) is 0. The van der Waals surface area contributed by atoms with E-state index in [1.807, 2.05) is 0 Å². The monoisotopic (exact) mass is 177 g/mol.